The fourth-order valence-electron chi connectivity index (χ4n) is 2.18. The van der Waals surface area contributed by atoms with Crippen LogP contribution in [-0.2, 0) is 11.3 Å². The van der Waals surface area contributed by atoms with Crippen molar-refractivity contribution in [2.24, 2.45) is 0 Å². The summed E-state index contributed by atoms with van der Waals surface area (Å²) in [6.45, 7) is 4.43. The molecule has 22 heavy (non-hydrogen) atoms. The predicted octanol–water partition coefficient (Wildman–Crippen LogP) is 3.59. The Bertz CT molecular complexity index is 640. The molecule has 0 aromatic heterocycles. The minimum absolute atomic E-state index is 0.0600. The largest absolute Gasteiger partial charge is 0.325 e. The number of aryl methyl sites for hydroxylation is 1. The number of hydrogen-bond acceptors (Lipinski definition) is 2. The first kappa shape index (κ1) is 16.2. The summed E-state index contributed by atoms with van der Waals surface area (Å²) in [5.74, 6) is -0.313. The molecule has 2 rings (SSSR count). The summed E-state index contributed by atoms with van der Waals surface area (Å²) >= 11 is 0. The smallest absolute Gasteiger partial charge is 0.241 e. The van der Waals surface area contributed by atoms with Gasteiger partial charge in [-0.15, -0.1) is 0 Å². The molecule has 1 unspecified atom stereocenters. The first-order chi connectivity index (χ1) is 10.5. The fourth-order valence-corrected chi connectivity index (χ4v) is 2.18. The van der Waals surface area contributed by atoms with E-state index in [9.17, 15) is 9.18 Å². The summed E-state index contributed by atoms with van der Waals surface area (Å²) in [5.41, 5.74) is 2.87. The standard InChI is InChI=1S/C18H21FN2O/c1-13-5-4-6-17(11-13)20-18(22)14(2)21(3)12-15-7-9-16(19)10-8-15/h4-11,14H,12H2,1-3H3,(H,20,22). The average molecular weight is 300 g/mol. The third-order valence-electron chi connectivity index (χ3n) is 3.67. The highest BCUT2D eigenvalue weighted by Crippen LogP contribution is 2.12. The lowest BCUT2D eigenvalue weighted by Gasteiger charge is -2.24. The van der Waals surface area contributed by atoms with Gasteiger partial charge in [-0.2, -0.15) is 0 Å². The third-order valence-corrected chi connectivity index (χ3v) is 3.67. The number of hydrogen-bond donors (Lipinski definition) is 1. The van der Waals surface area contributed by atoms with Gasteiger partial charge in [0.1, 0.15) is 5.82 Å². The second kappa shape index (κ2) is 7.18. The normalized spacial score (nSPS) is 12.2. The minimum Gasteiger partial charge on any atom is -0.325 e. The molecule has 0 bridgehead atoms. The van der Waals surface area contributed by atoms with E-state index >= 15 is 0 Å². The number of likely N-dealkylation sites (N-methyl/N-ethyl adjacent to an activating group) is 1. The number of halogens is 1. The molecule has 0 saturated carbocycles. The number of nitrogens with one attached hydrogen (secondary N) is 1. The van der Waals surface area contributed by atoms with Crippen LogP contribution >= 0.6 is 0 Å². The van der Waals surface area contributed by atoms with Crippen LogP contribution in [0.5, 0.6) is 0 Å². The topological polar surface area (TPSA) is 32.3 Å². The number of anilines is 1. The van der Waals surface area contributed by atoms with E-state index < -0.39 is 0 Å². The van der Waals surface area contributed by atoms with Gasteiger partial charge in [0.15, 0.2) is 0 Å². The molecule has 0 aliphatic rings. The van der Waals surface area contributed by atoms with Crippen molar-refractivity contribution in [3.63, 3.8) is 0 Å². The number of benzene rings is 2. The maximum absolute atomic E-state index is 12.9. The number of amides is 1. The molecule has 0 saturated heterocycles. The zero-order valence-corrected chi connectivity index (χ0v) is 13.1. The van der Waals surface area contributed by atoms with Crippen LogP contribution in [-0.4, -0.2) is 23.9 Å². The maximum Gasteiger partial charge on any atom is 0.241 e. The summed E-state index contributed by atoms with van der Waals surface area (Å²) in [5, 5.41) is 2.92. The molecule has 1 amide bonds. The quantitative estimate of drug-likeness (QED) is 0.915. The van der Waals surface area contributed by atoms with E-state index in [1.807, 2.05) is 50.1 Å². The van der Waals surface area contributed by atoms with Crippen molar-refractivity contribution >= 4 is 11.6 Å². The predicted molar refractivity (Wildman–Crippen MR) is 87.1 cm³/mol. The molecule has 2 aromatic rings. The van der Waals surface area contributed by atoms with Gasteiger partial charge in [-0.1, -0.05) is 24.3 Å². The SMILES string of the molecule is Cc1cccc(NC(=O)C(C)N(C)Cc2ccc(F)cc2)c1. The Balaban J connectivity index is 1.95. The zero-order chi connectivity index (χ0) is 16.1. The van der Waals surface area contributed by atoms with Gasteiger partial charge in [-0.3, -0.25) is 9.69 Å². The molecule has 3 nitrogen and oxygen atoms in total. The molecule has 0 spiro atoms. The van der Waals surface area contributed by atoms with Crippen LogP contribution in [0.15, 0.2) is 48.5 Å². The second-order valence-electron chi connectivity index (χ2n) is 5.58. The lowest BCUT2D eigenvalue weighted by molar-refractivity contribution is -0.120. The van der Waals surface area contributed by atoms with E-state index in [0.29, 0.717) is 6.54 Å². The Morgan fingerprint density at radius 3 is 2.55 bits per heavy atom. The van der Waals surface area contributed by atoms with Crippen LogP contribution in [0.25, 0.3) is 0 Å². The monoisotopic (exact) mass is 300 g/mol. The molecular formula is C18H21FN2O. The Hall–Kier alpha value is -2.20. The van der Waals surface area contributed by atoms with Crippen LogP contribution in [0.1, 0.15) is 18.1 Å². The van der Waals surface area contributed by atoms with Crippen LogP contribution < -0.4 is 5.32 Å². The van der Waals surface area contributed by atoms with Crippen molar-refractivity contribution in [1.29, 1.82) is 0 Å². The van der Waals surface area contributed by atoms with Crippen molar-refractivity contribution in [3.05, 3.63) is 65.5 Å². The van der Waals surface area contributed by atoms with Gasteiger partial charge < -0.3 is 5.32 Å². The molecule has 1 N–H and O–H groups in total. The third kappa shape index (κ3) is 4.40. The summed E-state index contributed by atoms with van der Waals surface area (Å²) in [4.78, 5) is 14.2. The first-order valence-electron chi connectivity index (χ1n) is 7.28. The van der Waals surface area contributed by atoms with E-state index in [1.54, 1.807) is 12.1 Å². The molecule has 1 atom stereocenters. The van der Waals surface area contributed by atoms with Gasteiger partial charge in [0.2, 0.25) is 5.91 Å². The van der Waals surface area contributed by atoms with Crippen LogP contribution in [0.4, 0.5) is 10.1 Å². The molecule has 2 aromatic carbocycles. The fraction of sp³-hybridized carbons (Fsp3) is 0.278. The van der Waals surface area contributed by atoms with E-state index in [0.717, 1.165) is 16.8 Å². The van der Waals surface area contributed by atoms with Gasteiger partial charge >= 0.3 is 0 Å². The van der Waals surface area contributed by atoms with Gasteiger partial charge in [0.05, 0.1) is 6.04 Å². The van der Waals surface area contributed by atoms with E-state index in [4.69, 9.17) is 0 Å². The highest BCUT2D eigenvalue weighted by atomic mass is 19.1. The number of nitrogens with zero attached hydrogens (tertiary/aromatic N) is 1. The second-order valence-corrected chi connectivity index (χ2v) is 5.58. The van der Waals surface area contributed by atoms with Crippen LogP contribution in [0.2, 0.25) is 0 Å². The van der Waals surface area contributed by atoms with Crippen molar-refractivity contribution in [2.75, 3.05) is 12.4 Å². The van der Waals surface area contributed by atoms with Crippen LogP contribution in [0.3, 0.4) is 0 Å². The van der Waals surface area contributed by atoms with Gasteiger partial charge in [0.25, 0.3) is 0 Å². The van der Waals surface area contributed by atoms with Gasteiger partial charge in [-0.25, -0.2) is 4.39 Å². The van der Waals surface area contributed by atoms with Crippen molar-refractivity contribution in [1.82, 2.24) is 4.90 Å². The average Bonchev–Trinajstić information content (AvgIpc) is 2.48. The number of carbonyl (C=O) groups excluding carboxylic acids is 1. The Morgan fingerprint density at radius 2 is 1.91 bits per heavy atom. The van der Waals surface area contributed by atoms with Crippen molar-refractivity contribution < 1.29 is 9.18 Å². The van der Waals surface area contributed by atoms with Gasteiger partial charge in [0, 0.05) is 12.2 Å². The highest BCUT2D eigenvalue weighted by Gasteiger charge is 2.18. The molecule has 4 heteroatoms. The molecule has 116 valence electrons. The molecule has 0 aliphatic heterocycles. The van der Waals surface area contributed by atoms with Crippen molar-refractivity contribution in [2.45, 2.75) is 26.4 Å². The molecule has 0 fully saturated rings. The first-order valence-corrected chi connectivity index (χ1v) is 7.28. The number of carbonyl (C=O) groups is 1. The summed E-state index contributed by atoms with van der Waals surface area (Å²) in [7, 11) is 1.88. The summed E-state index contributed by atoms with van der Waals surface area (Å²) < 4.78 is 12.9. The van der Waals surface area contributed by atoms with E-state index in [2.05, 4.69) is 5.32 Å². The molecule has 0 aliphatic carbocycles. The molecule has 0 heterocycles. The Morgan fingerprint density at radius 1 is 1.23 bits per heavy atom. The molecule has 0 radical (unpaired) electrons. The minimum atomic E-state index is -0.287. The Kier molecular flexibility index (Phi) is 5.28. The maximum atomic E-state index is 12.9. The van der Waals surface area contributed by atoms with Crippen molar-refractivity contribution in [3.8, 4) is 0 Å². The van der Waals surface area contributed by atoms with E-state index in [1.165, 1.54) is 12.1 Å². The Labute approximate surface area is 130 Å². The summed E-state index contributed by atoms with van der Waals surface area (Å²) in [6, 6.07) is 13.8. The van der Waals surface area contributed by atoms with Crippen LogP contribution in [0, 0.1) is 12.7 Å². The van der Waals surface area contributed by atoms with E-state index in [-0.39, 0.29) is 17.8 Å². The number of rotatable bonds is 5. The van der Waals surface area contributed by atoms with Gasteiger partial charge in [-0.05, 0) is 56.3 Å². The molecular weight excluding hydrogens is 279 g/mol. The lowest BCUT2D eigenvalue weighted by Crippen LogP contribution is -2.39. The zero-order valence-electron chi connectivity index (χ0n) is 13.1. The highest BCUT2D eigenvalue weighted by molar-refractivity contribution is 5.94. The summed E-state index contributed by atoms with van der Waals surface area (Å²) in [6.07, 6.45) is 0. The lowest BCUT2D eigenvalue weighted by atomic mass is 10.1.